The normalized spacial score (nSPS) is 13.8. The minimum Gasteiger partial charge on any atom is -0.477 e. The number of nitrogens with one attached hydrogen (secondary N) is 2. The third-order valence-electron chi connectivity index (χ3n) is 7.19. The molecule has 0 aliphatic heterocycles. The van der Waals surface area contributed by atoms with Gasteiger partial charge in [0.1, 0.15) is 0 Å². The van der Waals surface area contributed by atoms with E-state index in [1.54, 1.807) is 28.8 Å². The maximum atomic E-state index is 13.5. The summed E-state index contributed by atoms with van der Waals surface area (Å²) in [7, 11) is 0. The zero-order valence-corrected chi connectivity index (χ0v) is 23.6. The van der Waals surface area contributed by atoms with E-state index in [9.17, 15) is 23.2 Å². The topological polar surface area (TPSA) is 98.7 Å². The van der Waals surface area contributed by atoms with Crippen molar-refractivity contribution < 1.29 is 28.3 Å². The van der Waals surface area contributed by atoms with Crippen LogP contribution in [0.2, 0.25) is 0 Å². The Morgan fingerprint density at radius 1 is 0.976 bits per heavy atom. The molecule has 0 atom stereocenters. The van der Waals surface area contributed by atoms with Crippen LogP contribution in [-0.4, -0.2) is 41.7 Å². The lowest BCUT2D eigenvalue weighted by molar-refractivity contribution is -0.163. The number of carbonyl (C=O) groups excluding carboxylic acids is 2. The third kappa shape index (κ3) is 8.07. The van der Waals surface area contributed by atoms with Crippen LogP contribution in [0.1, 0.15) is 59.5 Å². The first kappa shape index (κ1) is 30.0. The van der Waals surface area contributed by atoms with Crippen LogP contribution < -0.4 is 15.5 Å². The number of carboxylic acid groups (broad SMARTS) is 1. The van der Waals surface area contributed by atoms with Gasteiger partial charge in [-0.25, -0.2) is 9.59 Å². The highest BCUT2D eigenvalue weighted by atomic mass is 32.2. The summed E-state index contributed by atoms with van der Waals surface area (Å²) in [6.45, 7) is -1.12. The van der Waals surface area contributed by atoms with E-state index < -0.39 is 24.3 Å². The van der Waals surface area contributed by atoms with Crippen LogP contribution in [0.3, 0.4) is 0 Å². The lowest BCUT2D eigenvalue weighted by Crippen LogP contribution is -2.42. The van der Waals surface area contributed by atoms with Gasteiger partial charge in [0.05, 0.1) is 13.1 Å². The number of anilines is 2. The maximum Gasteiger partial charge on any atom is 0.376 e. The second-order valence-electron chi connectivity index (χ2n) is 10.1. The van der Waals surface area contributed by atoms with Gasteiger partial charge < -0.3 is 15.7 Å². The van der Waals surface area contributed by atoms with Crippen molar-refractivity contribution in [3.05, 3.63) is 89.5 Å². The summed E-state index contributed by atoms with van der Waals surface area (Å²) >= 11 is 1.57. The third-order valence-corrected chi connectivity index (χ3v) is 7.91. The Bertz CT molecular complexity index is 1360. The molecule has 4 rings (SSSR count). The lowest BCUT2D eigenvalue weighted by Gasteiger charge is -2.26. The molecule has 0 unspecified atom stereocenters. The second-order valence-corrected chi connectivity index (χ2v) is 10.9. The van der Waals surface area contributed by atoms with Crippen molar-refractivity contribution in [3.8, 4) is 0 Å². The van der Waals surface area contributed by atoms with Crippen molar-refractivity contribution in [2.24, 2.45) is 0 Å². The molecule has 0 spiro atoms. The molecular weight excluding hydrogens is 548 g/mol. The van der Waals surface area contributed by atoms with Crippen molar-refractivity contribution in [2.45, 2.75) is 55.4 Å². The molecule has 41 heavy (non-hydrogen) atoms. The number of aliphatic carboxylic acids is 1. The van der Waals surface area contributed by atoms with Crippen LogP contribution in [0.5, 0.6) is 0 Å². The zero-order chi connectivity index (χ0) is 29.4. The van der Waals surface area contributed by atoms with E-state index in [2.05, 4.69) is 17.4 Å². The molecule has 3 aromatic carbocycles. The highest BCUT2D eigenvalue weighted by Crippen LogP contribution is 2.33. The van der Waals surface area contributed by atoms with Gasteiger partial charge in [-0.3, -0.25) is 9.69 Å². The molecular formula is C31H33F2N3O4S. The van der Waals surface area contributed by atoms with E-state index in [1.807, 2.05) is 48.0 Å². The van der Waals surface area contributed by atoms with Crippen LogP contribution in [0.25, 0.3) is 0 Å². The fourth-order valence-corrected chi connectivity index (χ4v) is 5.31. The average molecular weight is 582 g/mol. The first-order valence-electron chi connectivity index (χ1n) is 13.5. The van der Waals surface area contributed by atoms with E-state index in [0.717, 1.165) is 4.90 Å². The van der Waals surface area contributed by atoms with Crippen molar-refractivity contribution >= 4 is 41.0 Å². The molecule has 0 radical (unpaired) electrons. The average Bonchev–Trinajstić information content (AvgIpc) is 2.99. The van der Waals surface area contributed by atoms with Gasteiger partial charge in [-0.1, -0.05) is 49.6 Å². The van der Waals surface area contributed by atoms with Gasteiger partial charge in [0.2, 0.25) is 0 Å². The number of carbonyl (C=O) groups is 3. The Morgan fingerprint density at radius 2 is 1.66 bits per heavy atom. The maximum absolute atomic E-state index is 13.5. The van der Waals surface area contributed by atoms with E-state index in [-0.39, 0.29) is 18.1 Å². The number of thioether (sulfide) groups is 1. The smallest absolute Gasteiger partial charge is 0.376 e. The first-order chi connectivity index (χ1) is 19.7. The van der Waals surface area contributed by atoms with E-state index in [4.69, 9.17) is 5.11 Å². The van der Waals surface area contributed by atoms with Crippen LogP contribution in [0.4, 0.5) is 25.0 Å². The molecule has 0 heterocycles. The fraction of sp³-hybridized carbons (Fsp3) is 0.323. The van der Waals surface area contributed by atoms with Crippen LogP contribution in [-0.2, 0) is 11.3 Å². The van der Waals surface area contributed by atoms with Crippen LogP contribution in [0, 0.1) is 0 Å². The van der Waals surface area contributed by atoms with Crippen molar-refractivity contribution in [1.82, 2.24) is 5.32 Å². The summed E-state index contributed by atoms with van der Waals surface area (Å²) in [5.41, 5.74) is 3.44. The largest absolute Gasteiger partial charge is 0.477 e. The van der Waals surface area contributed by atoms with Gasteiger partial charge in [-0.05, 0) is 78.6 Å². The predicted octanol–water partition coefficient (Wildman–Crippen LogP) is 7.14. The number of nitrogens with zero attached hydrogens (tertiary/aromatic N) is 1. The summed E-state index contributed by atoms with van der Waals surface area (Å²) in [6, 6.07) is 21.5. The van der Waals surface area contributed by atoms with Gasteiger partial charge >= 0.3 is 17.9 Å². The molecule has 3 aromatic rings. The minimum atomic E-state index is -4.06. The Kier molecular flexibility index (Phi) is 9.99. The number of benzene rings is 3. The summed E-state index contributed by atoms with van der Waals surface area (Å²) in [5.74, 6) is -6.66. The van der Waals surface area contributed by atoms with E-state index in [1.165, 1.54) is 49.8 Å². The van der Waals surface area contributed by atoms with Gasteiger partial charge in [0.15, 0.2) is 0 Å². The first-order valence-corrected chi connectivity index (χ1v) is 14.7. The Labute approximate surface area is 242 Å². The number of rotatable bonds is 10. The predicted molar refractivity (Wildman–Crippen MR) is 157 cm³/mol. The van der Waals surface area contributed by atoms with Gasteiger partial charge in [-0.15, -0.1) is 11.8 Å². The number of hydrogen-bond acceptors (Lipinski definition) is 4. The van der Waals surface area contributed by atoms with Crippen LogP contribution >= 0.6 is 11.8 Å². The van der Waals surface area contributed by atoms with E-state index in [0.29, 0.717) is 22.9 Å². The molecule has 1 saturated carbocycles. The van der Waals surface area contributed by atoms with Gasteiger partial charge in [0.25, 0.3) is 5.91 Å². The zero-order valence-electron chi connectivity index (χ0n) is 22.7. The van der Waals surface area contributed by atoms with Crippen molar-refractivity contribution in [3.63, 3.8) is 0 Å². The molecule has 3 N–H and O–H groups in total. The lowest BCUT2D eigenvalue weighted by atomic mass is 9.84. The Hall–Kier alpha value is -3.92. The summed E-state index contributed by atoms with van der Waals surface area (Å²) in [5, 5.41) is 13.5. The molecule has 0 bridgehead atoms. The van der Waals surface area contributed by atoms with Crippen molar-refractivity contribution in [2.75, 3.05) is 23.0 Å². The molecule has 1 aliphatic carbocycles. The number of carboxylic acids is 1. The van der Waals surface area contributed by atoms with Gasteiger partial charge in [0, 0.05) is 21.8 Å². The number of halogens is 2. The highest BCUT2D eigenvalue weighted by molar-refractivity contribution is 7.98. The summed E-state index contributed by atoms with van der Waals surface area (Å²) < 4.78 is 26.7. The summed E-state index contributed by atoms with van der Waals surface area (Å²) in [4.78, 5) is 39.0. The Balaban J connectivity index is 1.52. The standard InChI is InChI=1S/C31H33F2N3O4S/c1-41-27-9-5-8-25(18-27)35-30(40)36(26-16-14-23(15-17-26)22-6-3-2-4-7-22)19-21-10-12-24(13-11-21)28(37)34-20-31(32,33)29(38)39/h5,8-18,22H,2-4,6-7,19-20H2,1H3,(H,34,37)(H,35,40)(H,38,39). The molecule has 3 amide bonds. The number of hydrogen-bond donors (Lipinski definition) is 3. The fourth-order valence-electron chi connectivity index (χ4n) is 4.85. The van der Waals surface area contributed by atoms with E-state index >= 15 is 0 Å². The van der Waals surface area contributed by atoms with Crippen LogP contribution in [0.15, 0.2) is 77.7 Å². The quantitative estimate of drug-likeness (QED) is 0.221. The molecule has 7 nitrogen and oxygen atoms in total. The molecule has 1 aliphatic rings. The van der Waals surface area contributed by atoms with Gasteiger partial charge in [-0.2, -0.15) is 8.78 Å². The number of amides is 3. The number of alkyl halides is 2. The SMILES string of the molecule is CSc1cccc(NC(=O)N(Cc2ccc(C(=O)NCC(F)(F)C(=O)O)cc2)c2ccc(C3CCCCC3)cc2)c1. The Morgan fingerprint density at radius 3 is 2.29 bits per heavy atom. The molecule has 0 saturated heterocycles. The molecule has 216 valence electrons. The summed E-state index contributed by atoms with van der Waals surface area (Å²) in [6.07, 6.45) is 8.03. The van der Waals surface area contributed by atoms with Crippen molar-refractivity contribution in [1.29, 1.82) is 0 Å². The monoisotopic (exact) mass is 581 g/mol. The number of urea groups is 1. The molecule has 1 fully saturated rings. The molecule has 10 heteroatoms. The second kappa shape index (κ2) is 13.6. The minimum absolute atomic E-state index is 0.0941. The molecule has 0 aromatic heterocycles. The highest BCUT2D eigenvalue weighted by Gasteiger charge is 2.39.